The second-order valence-electron chi connectivity index (χ2n) is 7.29. The molecule has 1 aliphatic heterocycles. The summed E-state index contributed by atoms with van der Waals surface area (Å²) >= 11 is 0. The fraction of sp³-hybridized carbons (Fsp3) is 0.526. The van der Waals surface area contributed by atoms with Crippen molar-refractivity contribution in [1.29, 1.82) is 0 Å². The van der Waals surface area contributed by atoms with Gasteiger partial charge in [0.05, 0.1) is 6.54 Å². The van der Waals surface area contributed by atoms with E-state index in [0.717, 1.165) is 5.56 Å². The third-order valence-electron chi connectivity index (χ3n) is 3.94. The number of carbonyl (C=O) groups excluding carboxylic acids is 3. The van der Waals surface area contributed by atoms with Gasteiger partial charge in [-0.3, -0.25) is 9.69 Å². The Labute approximate surface area is 153 Å². The number of Topliss-reactive ketones (excluding diaryl/α,β-unsaturated/α-hetero) is 1. The number of ketones is 1. The molecule has 7 heteroatoms. The van der Waals surface area contributed by atoms with Crippen LogP contribution in [0.4, 0.5) is 9.59 Å². The van der Waals surface area contributed by atoms with E-state index in [1.807, 2.05) is 30.3 Å². The van der Waals surface area contributed by atoms with Gasteiger partial charge in [0.25, 0.3) is 0 Å². The van der Waals surface area contributed by atoms with Crippen molar-refractivity contribution in [2.45, 2.75) is 45.9 Å². The van der Waals surface area contributed by atoms with Crippen LogP contribution in [0.3, 0.4) is 0 Å². The van der Waals surface area contributed by atoms with Crippen molar-refractivity contribution in [1.82, 2.24) is 9.80 Å². The number of piperazine rings is 1. The van der Waals surface area contributed by atoms with E-state index in [2.05, 4.69) is 0 Å². The van der Waals surface area contributed by atoms with Gasteiger partial charge in [0.1, 0.15) is 18.2 Å². The molecule has 0 saturated carbocycles. The third-order valence-corrected chi connectivity index (χ3v) is 3.94. The van der Waals surface area contributed by atoms with E-state index in [4.69, 9.17) is 9.47 Å². The van der Waals surface area contributed by atoms with Gasteiger partial charge in [0.2, 0.25) is 0 Å². The Kier molecular flexibility index (Phi) is 6.23. The van der Waals surface area contributed by atoms with Crippen LogP contribution in [0.5, 0.6) is 0 Å². The van der Waals surface area contributed by atoms with Crippen LogP contribution in [0, 0.1) is 0 Å². The number of hydrogen-bond acceptors (Lipinski definition) is 5. The predicted octanol–water partition coefficient (Wildman–Crippen LogP) is 2.83. The smallest absolute Gasteiger partial charge is 0.411 e. The molecule has 1 aromatic carbocycles. The van der Waals surface area contributed by atoms with Crippen molar-refractivity contribution in [3.63, 3.8) is 0 Å². The van der Waals surface area contributed by atoms with Crippen molar-refractivity contribution in [2.24, 2.45) is 0 Å². The first kappa shape index (κ1) is 19.8. The Bertz CT molecular complexity index is 654. The highest BCUT2D eigenvalue weighted by Gasteiger charge is 2.37. The van der Waals surface area contributed by atoms with Crippen molar-refractivity contribution >= 4 is 18.0 Å². The van der Waals surface area contributed by atoms with Crippen LogP contribution in [-0.2, 0) is 20.9 Å². The Hall–Kier alpha value is -2.57. The molecule has 0 aromatic heterocycles. The highest BCUT2D eigenvalue weighted by Crippen LogP contribution is 2.17. The van der Waals surface area contributed by atoms with Crippen LogP contribution < -0.4 is 0 Å². The fourth-order valence-corrected chi connectivity index (χ4v) is 2.65. The number of rotatable bonds is 3. The van der Waals surface area contributed by atoms with Gasteiger partial charge in [-0.25, -0.2) is 9.59 Å². The van der Waals surface area contributed by atoms with E-state index in [9.17, 15) is 14.4 Å². The molecule has 1 fully saturated rings. The van der Waals surface area contributed by atoms with E-state index in [0.29, 0.717) is 0 Å². The van der Waals surface area contributed by atoms with Gasteiger partial charge < -0.3 is 14.4 Å². The topological polar surface area (TPSA) is 76.2 Å². The Morgan fingerprint density at radius 3 is 2.31 bits per heavy atom. The number of ether oxygens (including phenoxy) is 2. The van der Waals surface area contributed by atoms with E-state index < -0.39 is 23.8 Å². The Morgan fingerprint density at radius 2 is 1.73 bits per heavy atom. The lowest BCUT2D eigenvalue weighted by Crippen LogP contribution is -2.59. The van der Waals surface area contributed by atoms with Gasteiger partial charge in [-0.15, -0.1) is 0 Å². The number of nitrogens with zero attached hydrogens (tertiary/aromatic N) is 2. The summed E-state index contributed by atoms with van der Waals surface area (Å²) in [6, 6.07) is 8.63. The summed E-state index contributed by atoms with van der Waals surface area (Å²) in [7, 11) is 0. The molecule has 2 rings (SSSR count). The summed E-state index contributed by atoms with van der Waals surface area (Å²) in [5.74, 6) is -0.198. The maximum absolute atomic E-state index is 12.3. The van der Waals surface area contributed by atoms with Crippen LogP contribution in [-0.4, -0.2) is 59.0 Å². The molecule has 0 radical (unpaired) electrons. The molecule has 142 valence electrons. The van der Waals surface area contributed by atoms with Crippen molar-refractivity contribution in [3.8, 4) is 0 Å². The quantitative estimate of drug-likeness (QED) is 0.826. The molecular weight excluding hydrogens is 336 g/mol. The fourth-order valence-electron chi connectivity index (χ4n) is 2.65. The van der Waals surface area contributed by atoms with E-state index in [1.165, 1.54) is 16.7 Å². The number of benzene rings is 1. The molecule has 2 amide bonds. The van der Waals surface area contributed by atoms with Crippen molar-refractivity contribution in [2.75, 3.05) is 19.6 Å². The maximum Gasteiger partial charge on any atom is 0.411 e. The van der Waals surface area contributed by atoms with Crippen LogP contribution >= 0.6 is 0 Å². The zero-order chi connectivity index (χ0) is 19.3. The lowest BCUT2D eigenvalue weighted by atomic mass is 10.1. The van der Waals surface area contributed by atoms with Crippen LogP contribution in [0.15, 0.2) is 30.3 Å². The predicted molar refractivity (Wildman–Crippen MR) is 95.6 cm³/mol. The van der Waals surface area contributed by atoms with Gasteiger partial charge in [-0.1, -0.05) is 30.3 Å². The largest absolute Gasteiger partial charge is 0.445 e. The molecule has 1 saturated heterocycles. The van der Waals surface area contributed by atoms with Crippen LogP contribution in [0.1, 0.15) is 33.3 Å². The molecule has 1 aromatic rings. The minimum atomic E-state index is -0.733. The summed E-state index contributed by atoms with van der Waals surface area (Å²) in [6.07, 6.45) is -1.04. The van der Waals surface area contributed by atoms with Crippen molar-refractivity contribution in [3.05, 3.63) is 35.9 Å². The minimum Gasteiger partial charge on any atom is -0.445 e. The van der Waals surface area contributed by atoms with E-state index >= 15 is 0 Å². The van der Waals surface area contributed by atoms with Gasteiger partial charge >= 0.3 is 12.2 Å². The molecule has 0 aliphatic carbocycles. The average molecular weight is 362 g/mol. The normalized spacial score (nSPS) is 17.6. The second kappa shape index (κ2) is 8.21. The van der Waals surface area contributed by atoms with Gasteiger partial charge in [0, 0.05) is 13.1 Å². The molecule has 1 atom stereocenters. The third kappa shape index (κ3) is 5.47. The first-order valence-corrected chi connectivity index (χ1v) is 8.63. The molecule has 0 spiro atoms. The van der Waals surface area contributed by atoms with Gasteiger partial charge in [-0.2, -0.15) is 0 Å². The van der Waals surface area contributed by atoms with Gasteiger partial charge in [-0.05, 0) is 33.3 Å². The van der Waals surface area contributed by atoms with Crippen molar-refractivity contribution < 1.29 is 23.9 Å². The maximum atomic E-state index is 12.3. The average Bonchev–Trinajstić information content (AvgIpc) is 2.58. The minimum absolute atomic E-state index is 0.0994. The summed E-state index contributed by atoms with van der Waals surface area (Å²) < 4.78 is 10.7. The Morgan fingerprint density at radius 1 is 1.08 bits per heavy atom. The lowest BCUT2D eigenvalue weighted by Gasteiger charge is -2.40. The highest BCUT2D eigenvalue weighted by atomic mass is 16.6. The van der Waals surface area contributed by atoms with Crippen LogP contribution in [0.2, 0.25) is 0 Å². The standard InChI is InChI=1S/C19H26N2O5/c1-14(22)16-12-20(10-11-21(16)18(24)26-19(2,3)4)17(23)25-13-15-8-6-5-7-9-15/h5-9,16H,10-13H2,1-4H3. The Balaban J connectivity index is 1.96. The first-order valence-electron chi connectivity index (χ1n) is 8.63. The number of amides is 2. The number of hydrogen-bond donors (Lipinski definition) is 0. The molecule has 1 aliphatic rings. The molecule has 26 heavy (non-hydrogen) atoms. The summed E-state index contributed by atoms with van der Waals surface area (Å²) in [5.41, 5.74) is 0.237. The van der Waals surface area contributed by atoms with E-state index in [1.54, 1.807) is 20.8 Å². The molecule has 1 unspecified atom stereocenters. The van der Waals surface area contributed by atoms with Gasteiger partial charge in [0.15, 0.2) is 5.78 Å². The molecular formula is C19H26N2O5. The molecule has 7 nitrogen and oxygen atoms in total. The number of carbonyl (C=O) groups is 3. The zero-order valence-corrected chi connectivity index (χ0v) is 15.7. The molecule has 0 N–H and O–H groups in total. The van der Waals surface area contributed by atoms with E-state index in [-0.39, 0.29) is 32.0 Å². The molecule has 1 heterocycles. The first-order chi connectivity index (χ1) is 12.2. The summed E-state index contributed by atoms with van der Waals surface area (Å²) in [5, 5.41) is 0. The summed E-state index contributed by atoms with van der Waals surface area (Å²) in [4.78, 5) is 39.5. The zero-order valence-electron chi connectivity index (χ0n) is 15.7. The highest BCUT2D eigenvalue weighted by molar-refractivity contribution is 5.86. The monoisotopic (exact) mass is 362 g/mol. The molecule has 0 bridgehead atoms. The van der Waals surface area contributed by atoms with Crippen LogP contribution in [0.25, 0.3) is 0 Å². The lowest BCUT2D eigenvalue weighted by molar-refractivity contribution is -0.124. The SMILES string of the molecule is CC(=O)C1CN(C(=O)OCc2ccccc2)CCN1C(=O)OC(C)(C)C. The second-order valence-corrected chi connectivity index (χ2v) is 7.29. The summed E-state index contributed by atoms with van der Waals surface area (Å²) in [6.45, 7) is 7.48.